The van der Waals surface area contributed by atoms with Crippen LogP contribution in [0.4, 0.5) is 10.2 Å². The second-order valence-corrected chi connectivity index (χ2v) is 5.65. The minimum absolute atomic E-state index is 0.299. The molecule has 0 bridgehead atoms. The highest BCUT2D eigenvalue weighted by atomic mass is 19.1. The summed E-state index contributed by atoms with van der Waals surface area (Å²) >= 11 is 0. The van der Waals surface area contributed by atoms with Crippen molar-refractivity contribution < 1.29 is 9.18 Å². The molecule has 25 heavy (non-hydrogen) atoms. The number of carbonyl (C=O) groups is 1. The van der Waals surface area contributed by atoms with Gasteiger partial charge in [-0.05, 0) is 30.2 Å². The molecule has 0 atom stereocenters. The first-order valence-electron chi connectivity index (χ1n) is 7.76. The summed E-state index contributed by atoms with van der Waals surface area (Å²) in [6, 6.07) is 11.4. The number of halogens is 1. The summed E-state index contributed by atoms with van der Waals surface area (Å²) in [5, 5.41) is 2.44. The van der Waals surface area contributed by atoms with Crippen LogP contribution in [0.5, 0.6) is 0 Å². The van der Waals surface area contributed by atoms with Gasteiger partial charge >= 0.3 is 0 Å². The van der Waals surface area contributed by atoms with Gasteiger partial charge < -0.3 is 9.88 Å². The van der Waals surface area contributed by atoms with Gasteiger partial charge in [-0.2, -0.15) is 0 Å². The Labute approximate surface area is 144 Å². The fourth-order valence-electron chi connectivity index (χ4n) is 2.38. The maximum absolute atomic E-state index is 14.0. The van der Waals surface area contributed by atoms with Crippen LogP contribution in [-0.4, -0.2) is 20.4 Å². The summed E-state index contributed by atoms with van der Waals surface area (Å²) in [6.45, 7) is 2.65. The molecule has 0 aliphatic heterocycles. The van der Waals surface area contributed by atoms with Gasteiger partial charge in [-0.3, -0.25) is 9.78 Å². The van der Waals surface area contributed by atoms with Gasteiger partial charge in [-0.15, -0.1) is 0 Å². The van der Waals surface area contributed by atoms with Gasteiger partial charge in [0.25, 0.3) is 5.91 Å². The van der Waals surface area contributed by atoms with Crippen LogP contribution < -0.4 is 5.32 Å². The van der Waals surface area contributed by atoms with Crippen molar-refractivity contribution in [3.05, 3.63) is 83.8 Å². The van der Waals surface area contributed by atoms with Crippen molar-refractivity contribution in [1.29, 1.82) is 0 Å². The van der Waals surface area contributed by atoms with Crippen molar-refractivity contribution >= 4 is 17.8 Å². The lowest BCUT2D eigenvalue weighted by atomic mass is 10.1. The van der Waals surface area contributed by atoms with E-state index in [4.69, 9.17) is 0 Å². The number of amides is 1. The number of hydrogen-bond acceptors (Lipinski definition) is 3. The van der Waals surface area contributed by atoms with Crippen molar-refractivity contribution in [2.45, 2.75) is 13.5 Å². The molecule has 0 aliphatic carbocycles. The monoisotopic (exact) mass is 336 g/mol. The number of aromatic nitrogens is 3. The molecule has 0 spiro atoms. The number of carbonyl (C=O) groups excluding carboxylic acids is 1. The first-order chi connectivity index (χ1) is 12.1. The highest BCUT2D eigenvalue weighted by Crippen LogP contribution is 2.12. The fraction of sp³-hybridized carbons (Fsp3) is 0.105. The normalized spacial score (nSPS) is 11.4. The summed E-state index contributed by atoms with van der Waals surface area (Å²) < 4.78 is 15.8. The van der Waals surface area contributed by atoms with Gasteiger partial charge in [0.1, 0.15) is 0 Å². The van der Waals surface area contributed by atoms with Crippen molar-refractivity contribution in [1.82, 2.24) is 14.5 Å². The molecule has 2 aromatic heterocycles. The van der Waals surface area contributed by atoms with E-state index in [1.165, 1.54) is 11.8 Å². The van der Waals surface area contributed by atoms with Crippen molar-refractivity contribution in [3.63, 3.8) is 0 Å². The van der Waals surface area contributed by atoms with Crippen molar-refractivity contribution in [3.8, 4) is 0 Å². The SMILES string of the molecule is Cc1cccc(Cn2cnc(NC(=O)/C(F)=C/c3cccnc3)c2)c1. The Hall–Kier alpha value is -3.28. The second-order valence-electron chi connectivity index (χ2n) is 5.65. The van der Waals surface area contributed by atoms with Gasteiger partial charge in [0.2, 0.25) is 0 Å². The number of hydrogen-bond donors (Lipinski definition) is 1. The zero-order valence-corrected chi connectivity index (χ0v) is 13.7. The topological polar surface area (TPSA) is 59.8 Å². The molecule has 0 saturated carbocycles. The smallest absolute Gasteiger partial charge is 0.285 e. The van der Waals surface area contributed by atoms with E-state index in [0.717, 1.165) is 11.6 Å². The number of anilines is 1. The number of pyridine rings is 1. The number of imidazole rings is 1. The molecule has 126 valence electrons. The fourth-order valence-corrected chi connectivity index (χ4v) is 2.38. The van der Waals surface area contributed by atoms with E-state index in [-0.39, 0.29) is 0 Å². The Morgan fingerprint density at radius 1 is 1.32 bits per heavy atom. The third kappa shape index (κ3) is 4.60. The van der Waals surface area contributed by atoms with E-state index < -0.39 is 11.7 Å². The van der Waals surface area contributed by atoms with Crippen LogP contribution in [0.3, 0.4) is 0 Å². The van der Waals surface area contributed by atoms with Crippen LogP contribution in [0.25, 0.3) is 6.08 Å². The predicted molar refractivity (Wildman–Crippen MR) is 94.5 cm³/mol. The number of rotatable bonds is 5. The molecule has 1 aromatic carbocycles. The molecular formula is C19H17FN4O. The standard InChI is InChI=1S/C19H17FN4O/c1-14-4-2-5-16(8-14)11-24-12-18(22-13-24)23-19(25)17(20)9-15-6-3-7-21-10-15/h2-10,12-13H,11H2,1H3,(H,23,25)/b17-9-. The summed E-state index contributed by atoms with van der Waals surface area (Å²) in [4.78, 5) is 19.9. The van der Waals surface area contributed by atoms with Crippen molar-refractivity contribution in [2.75, 3.05) is 5.32 Å². The van der Waals surface area contributed by atoms with E-state index in [0.29, 0.717) is 17.9 Å². The lowest BCUT2D eigenvalue weighted by molar-refractivity contribution is -0.114. The predicted octanol–water partition coefficient (Wildman–Crippen LogP) is 3.58. The van der Waals surface area contributed by atoms with E-state index in [9.17, 15) is 9.18 Å². The molecule has 5 nitrogen and oxygen atoms in total. The zero-order valence-electron chi connectivity index (χ0n) is 13.7. The van der Waals surface area contributed by atoms with Crippen LogP contribution >= 0.6 is 0 Å². The maximum Gasteiger partial charge on any atom is 0.285 e. The van der Waals surface area contributed by atoms with Crippen LogP contribution in [0.1, 0.15) is 16.7 Å². The number of benzene rings is 1. The third-order valence-electron chi connectivity index (χ3n) is 3.52. The van der Waals surface area contributed by atoms with E-state index in [1.807, 2.05) is 29.7 Å². The number of nitrogens with one attached hydrogen (secondary N) is 1. The third-order valence-corrected chi connectivity index (χ3v) is 3.52. The molecule has 0 fully saturated rings. The molecule has 1 N–H and O–H groups in total. The zero-order chi connectivity index (χ0) is 17.6. The first-order valence-corrected chi connectivity index (χ1v) is 7.76. The molecule has 2 heterocycles. The van der Waals surface area contributed by atoms with Gasteiger partial charge in [0.15, 0.2) is 11.6 Å². The number of nitrogens with zero attached hydrogens (tertiary/aromatic N) is 3. The molecule has 0 aliphatic rings. The highest BCUT2D eigenvalue weighted by Gasteiger charge is 2.11. The van der Waals surface area contributed by atoms with E-state index in [2.05, 4.69) is 21.4 Å². The van der Waals surface area contributed by atoms with Gasteiger partial charge in [-0.25, -0.2) is 9.37 Å². The molecule has 6 heteroatoms. The number of aryl methyl sites for hydroxylation is 1. The summed E-state index contributed by atoms with van der Waals surface area (Å²) in [5.74, 6) is -1.45. The maximum atomic E-state index is 14.0. The molecule has 0 radical (unpaired) electrons. The van der Waals surface area contributed by atoms with Gasteiger partial charge in [0, 0.05) is 25.1 Å². The van der Waals surface area contributed by atoms with Gasteiger partial charge in [-0.1, -0.05) is 35.9 Å². The summed E-state index contributed by atoms with van der Waals surface area (Å²) in [5.41, 5.74) is 2.81. The Bertz CT molecular complexity index is 903. The second kappa shape index (κ2) is 7.53. The van der Waals surface area contributed by atoms with Crippen LogP contribution in [0.15, 0.2) is 67.1 Å². The Balaban J connectivity index is 1.64. The first kappa shape index (κ1) is 16.6. The largest absolute Gasteiger partial charge is 0.331 e. The molecule has 0 unspecified atom stereocenters. The summed E-state index contributed by atoms with van der Waals surface area (Å²) in [6.07, 6.45) is 7.45. The molecule has 1 amide bonds. The Morgan fingerprint density at radius 3 is 2.96 bits per heavy atom. The van der Waals surface area contributed by atoms with Crippen LogP contribution in [0, 0.1) is 6.92 Å². The van der Waals surface area contributed by atoms with Crippen LogP contribution in [0.2, 0.25) is 0 Å². The minimum Gasteiger partial charge on any atom is -0.331 e. The molecule has 0 saturated heterocycles. The highest BCUT2D eigenvalue weighted by molar-refractivity contribution is 6.04. The average Bonchev–Trinajstić information content (AvgIpc) is 3.02. The quantitative estimate of drug-likeness (QED) is 0.725. The minimum atomic E-state index is -0.902. The Morgan fingerprint density at radius 2 is 2.20 bits per heavy atom. The summed E-state index contributed by atoms with van der Waals surface area (Å²) in [7, 11) is 0. The van der Waals surface area contributed by atoms with E-state index >= 15 is 0 Å². The average molecular weight is 336 g/mol. The lowest BCUT2D eigenvalue weighted by Gasteiger charge is -2.03. The molecule has 3 aromatic rings. The lowest BCUT2D eigenvalue weighted by Crippen LogP contribution is -2.12. The molecular weight excluding hydrogens is 319 g/mol. The Kier molecular flexibility index (Phi) is 4.99. The van der Waals surface area contributed by atoms with Gasteiger partial charge in [0.05, 0.1) is 6.33 Å². The van der Waals surface area contributed by atoms with Crippen molar-refractivity contribution in [2.24, 2.45) is 0 Å². The van der Waals surface area contributed by atoms with Crippen LogP contribution in [-0.2, 0) is 11.3 Å². The van der Waals surface area contributed by atoms with E-state index in [1.54, 1.807) is 30.9 Å². The molecule has 3 rings (SSSR count).